The van der Waals surface area contributed by atoms with Crippen LogP contribution in [0.15, 0.2) is 42.5 Å². The summed E-state index contributed by atoms with van der Waals surface area (Å²) in [4.78, 5) is 10.9. The summed E-state index contributed by atoms with van der Waals surface area (Å²) in [5.41, 5.74) is 6.01. The molecule has 5 nitrogen and oxygen atoms in total. The number of aliphatic hydroxyl groups is 1. The maximum absolute atomic E-state index is 10.9. The molecule has 1 heterocycles. The van der Waals surface area contributed by atoms with E-state index in [0.29, 0.717) is 13.0 Å². The van der Waals surface area contributed by atoms with Gasteiger partial charge in [-0.1, -0.05) is 42.5 Å². The van der Waals surface area contributed by atoms with E-state index in [0.717, 1.165) is 5.56 Å². The highest BCUT2D eigenvalue weighted by molar-refractivity contribution is 5.64. The Labute approximate surface area is 111 Å². The van der Waals surface area contributed by atoms with Crippen molar-refractivity contribution in [3.05, 3.63) is 48.0 Å². The summed E-state index contributed by atoms with van der Waals surface area (Å²) < 4.78 is 10.3. The number of carbonyl (C=O) groups excluding carboxylic acids is 1. The topological polar surface area (TPSA) is 81.8 Å². The quantitative estimate of drug-likeness (QED) is 0.777. The number of aliphatic hydroxyl groups excluding tert-OH is 1. The van der Waals surface area contributed by atoms with E-state index in [4.69, 9.17) is 15.2 Å². The van der Waals surface area contributed by atoms with E-state index in [2.05, 4.69) is 0 Å². The standard InChI is InChI=1S/C14H17NO4/c15-14(17)19-12(9-10-5-2-1-3-6-10)13(16)11-7-4-8-18-11/h1-7,11-13,16H,8-9H2,(H2,15,17)/t11-,12?,13+/m0/s1. The van der Waals surface area contributed by atoms with Crippen molar-refractivity contribution in [1.29, 1.82) is 0 Å². The van der Waals surface area contributed by atoms with Gasteiger partial charge in [0.25, 0.3) is 0 Å². The van der Waals surface area contributed by atoms with E-state index < -0.39 is 24.4 Å². The van der Waals surface area contributed by atoms with E-state index in [1.165, 1.54) is 0 Å². The number of primary amides is 1. The van der Waals surface area contributed by atoms with Crippen LogP contribution in [0.4, 0.5) is 4.79 Å². The first kappa shape index (κ1) is 13.6. The Hall–Kier alpha value is -1.85. The number of carbonyl (C=O) groups is 1. The first-order chi connectivity index (χ1) is 9.16. The smallest absolute Gasteiger partial charge is 0.404 e. The molecule has 1 amide bonds. The average Bonchev–Trinajstić information content (AvgIpc) is 2.91. The Morgan fingerprint density at radius 3 is 2.79 bits per heavy atom. The van der Waals surface area contributed by atoms with E-state index in [1.54, 1.807) is 6.08 Å². The van der Waals surface area contributed by atoms with Crippen LogP contribution in [0, 0.1) is 0 Å². The predicted octanol–water partition coefficient (Wildman–Crippen LogP) is 1.01. The molecule has 19 heavy (non-hydrogen) atoms. The summed E-state index contributed by atoms with van der Waals surface area (Å²) in [5.74, 6) is 0. The molecule has 1 unspecified atom stereocenters. The number of nitrogens with two attached hydrogens (primary N) is 1. The summed E-state index contributed by atoms with van der Waals surface area (Å²) in [7, 11) is 0. The van der Waals surface area contributed by atoms with Crippen LogP contribution in [0.25, 0.3) is 0 Å². The summed E-state index contributed by atoms with van der Waals surface area (Å²) in [6.45, 7) is 0.455. The van der Waals surface area contributed by atoms with Crippen molar-refractivity contribution in [1.82, 2.24) is 0 Å². The Kier molecular flexibility index (Phi) is 4.54. The van der Waals surface area contributed by atoms with Gasteiger partial charge in [-0.3, -0.25) is 0 Å². The number of ether oxygens (including phenoxy) is 2. The fraction of sp³-hybridized carbons (Fsp3) is 0.357. The molecular formula is C14H17NO4. The number of hydrogen-bond acceptors (Lipinski definition) is 4. The largest absolute Gasteiger partial charge is 0.443 e. The molecule has 0 aromatic heterocycles. The minimum Gasteiger partial charge on any atom is -0.443 e. The van der Waals surface area contributed by atoms with Crippen LogP contribution in [-0.2, 0) is 15.9 Å². The van der Waals surface area contributed by atoms with Gasteiger partial charge in [-0.25, -0.2) is 4.79 Å². The zero-order chi connectivity index (χ0) is 13.7. The molecule has 1 aromatic carbocycles. The third-order valence-corrected chi connectivity index (χ3v) is 2.98. The molecule has 3 atom stereocenters. The molecule has 0 saturated carbocycles. The number of rotatable bonds is 5. The SMILES string of the molecule is NC(=O)OC(Cc1ccccc1)[C@H](O)[C@@H]1C=CCO1. The molecule has 0 spiro atoms. The molecule has 0 bridgehead atoms. The maximum atomic E-state index is 10.9. The fourth-order valence-corrected chi connectivity index (χ4v) is 2.06. The second-order valence-corrected chi connectivity index (χ2v) is 4.38. The molecule has 0 fully saturated rings. The van der Waals surface area contributed by atoms with Crippen LogP contribution in [0.3, 0.4) is 0 Å². The van der Waals surface area contributed by atoms with E-state index in [9.17, 15) is 9.90 Å². The lowest BCUT2D eigenvalue weighted by Gasteiger charge is -2.25. The molecule has 3 N–H and O–H groups in total. The van der Waals surface area contributed by atoms with Crippen LogP contribution >= 0.6 is 0 Å². The Morgan fingerprint density at radius 1 is 1.47 bits per heavy atom. The first-order valence-corrected chi connectivity index (χ1v) is 6.13. The molecule has 1 aliphatic rings. The van der Waals surface area contributed by atoms with Gasteiger partial charge < -0.3 is 20.3 Å². The zero-order valence-corrected chi connectivity index (χ0v) is 10.4. The van der Waals surface area contributed by atoms with Crippen LogP contribution in [0.2, 0.25) is 0 Å². The maximum Gasteiger partial charge on any atom is 0.404 e. The van der Waals surface area contributed by atoms with E-state index in [1.807, 2.05) is 36.4 Å². The minimum atomic E-state index is -0.938. The average molecular weight is 263 g/mol. The van der Waals surface area contributed by atoms with Gasteiger partial charge in [0.15, 0.2) is 0 Å². The van der Waals surface area contributed by atoms with Gasteiger partial charge in [-0.05, 0) is 5.56 Å². The lowest BCUT2D eigenvalue weighted by Crippen LogP contribution is -2.42. The highest BCUT2D eigenvalue weighted by Crippen LogP contribution is 2.17. The number of amides is 1. The molecule has 0 aliphatic carbocycles. The zero-order valence-electron chi connectivity index (χ0n) is 10.4. The van der Waals surface area contributed by atoms with Crippen molar-refractivity contribution in [2.75, 3.05) is 6.61 Å². The van der Waals surface area contributed by atoms with Crippen molar-refractivity contribution < 1.29 is 19.4 Å². The van der Waals surface area contributed by atoms with Gasteiger partial charge in [-0.15, -0.1) is 0 Å². The third kappa shape index (κ3) is 3.81. The van der Waals surface area contributed by atoms with Gasteiger partial charge >= 0.3 is 6.09 Å². The van der Waals surface area contributed by atoms with Crippen molar-refractivity contribution in [3.63, 3.8) is 0 Å². The molecular weight excluding hydrogens is 246 g/mol. The van der Waals surface area contributed by atoms with Crippen molar-refractivity contribution >= 4 is 6.09 Å². The van der Waals surface area contributed by atoms with E-state index in [-0.39, 0.29) is 0 Å². The summed E-state index contributed by atoms with van der Waals surface area (Å²) in [6, 6.07) is 9.46. The summed E-state index contributed by atoms with van der Waals surface area (Å²) in [6.07, 6.45) is 0.928. The van der Waals surface area contributed by atoms with Gasteiger partial charge in [-0.2, -0.15) is 0 Å². The predicted molar refractivity (Wildman–Crippen MR) is 69.5 cm³/mol. The van der Waals surface area contributed by atoms with Gasteiger partial charge in [0.05, 0.1) is 6.61 Å². The third-order valence-electron chi connectivity index (χ3n) is 2.98. The van der Waals surface area contributed by atoms with Gasteiger partial charge in [0.1, 0.15) is 18.3 Å². The highest BCUT2D eigenvalue weighted by Gasteiger charge is 2.31. The normalized spacial score (nSPS) is 21.0. The van der Waals surface area contributed by atoms with Gasteiger partial charge in [0, 0.05) is 6.42 Å². The molecule has 0 radical (unpaired) electrons. The summed E-state index contributed by atoms with van der Waals surface area (Å²) in [5, 5.41) is 10.2. The molecule has 1 aromatic rings. The van der Waals surface area contributed by atoms with Crippen molar-refractivity contribution in [3.8, 4) is 0 Å². The second kappa shape index (κ2) is 6.36. The Morgan fingerprint density at radius 2 is 2.21 bits per heavy atom. The second-order valence-electron chi connectivity index (χ2n) is 4.38. The molecule has 0 saturated heterocycles. The Bertz CT molecular complexity index is 446. The minimum absolute atomic E-state index is 0.388. The monoisotopic (exact) mass is 263 g/mol. The van der Waals surface area contributed by atoms with E-state index >= 15 is 0 Å². The van der Waals surface area contributed by atoms with Gasteiger partial charge in [0.2, 0.25) is 0 Å². The number of benzene rings is 1. The first-order valence-electron chi connectivity index (χ1n) is 6.13. The molecule has 5 heteroatoms. The molecule has 2 rings (SSSR count). The summed E-state index contributed by atoms with van der Waals surface area (Å²) >= 11 is 0. The highest BCUT2D eigenvalue weighted by atomic mass is 16.6. The lowest BCUT2D eigenvalue weighted by molar-refractivity contribution is -0.0598. The number of hydrogen-bond donors (Lipinski definition) is 2. The Balaban J connectivity index is 2.06. The van der Waals surface area contributed by atoms with Crippen LogP contribution < -0.4 is 5.73 Å². The van der Waals surface area contributed by atoms with Crippen LogP contribution in [0.5, 0.6) is 0 Å². The molecule has 102 valence electrons. The van der Waals surface area contributed by atoms with Crippen molar-refractivity contribution in [2.24, 2.45) is 5.73 Å². The van der Waals surface area contributed by atoms with Crippen LogP contribution in [-0.4, -0.2) is 36.1 Å². The van der Waals surface area contributed by atoms with Crippen molar-refractivity contribution in [2.45, 2.75) is 24.7 Å². The molecule has 1 aliphatic heterocycles. The van der Waals surface area contributed by atoms with Crippen LogP contribution in [0.1, 0.15) is 5.56 Å². The lowest BCUT2D eigenvalue weighted by atomic mass is 10.0. The fourth-order valence-electron chi connectivity index (χ4n) is 2.06.